The molecule has 1 atom stereocenters. The lowest BCUT2D eigenvalue weighted by Gasteiger charge is -2.17. The van der Waals surface area contributed by atoms with E-state index in [4.69, 9.17) is 13.9 Å². The highest BCUT2D eigenvalue weighted by Crippen LogP contribution is 2.30. The molecule has 0 radical (unpaired) electrons. The van der Waals surface area contributed by atoms with Crippen LogP contribution in [0.2, 0.25) is 0 Å². The summed E-state index contributed by atoms with van der Waals surface area (Å²) in [4.78, 5) is 12.7. The molecule has 0 saturated heterocycles. The number of benzene rings is 3. The molecule has 0 aliphatic rings. The fourth-order valence-electron chi connectivity index (χ4n) is 3.19. The summed E-state index contributed by atoms with van der Waals surface area (Å²) in [6.07, 6.45) is -0.0749. The lowest BCUT2D eigenvalue weighted by molar-refractivity contribution is -0.122. The highest BCUT2D eigenvalue weighted by molar-refractivity contribution is 6.06. The van der Waals surface area contributed by atoms with E-state index in [1.807, 2.05) is 61.5 Å². The van der Waals surface area contributed by atoms with Crippen molar-refractivity contribution < 1.29 is 18.7 Å². The molecule has 0 fully saturated rings. The topological polar surface area (TPSA) is 60.7 Å². The number of methoxy groups -OCH3 is 1. The van der Waals surface area contributed by atoms with Crippen LogP contribution in [0.3, 0.4) is 0 Å². The van der Waals surface area contributed by atoms with Gasteiger partial charge in [-0.15, -0.1) is 0 Å². The van der Waals surface area contributed by atoms with Crippen molar-refractivity contribution in [3.05, 3.63) is 66.7 Å². The zero-order chi connectivity index (χ0) is 19.5. The number of rotatable bonds is 6. The van der Waals surface area contributed by atoms with Crippen LogP contribution < -0.4 is 14.8 Å². The maximum absolute atomic E-state index is 12.7. The van der Waals surface area contributed by atoms with Gasteiger partial charge in [0.1, 0.15) is 22.7 Å². The van der Waals surface area contributed by atoms with Crippen molar-refractivity contribution in [1.29, 1.82) is 0 Å². The van der Waals surface area contributed by atoms with Gasteiger partial charge in [0.25, 0.3) is 5.91 Å². The van der Waals surface area contributed by atoms with Gasteiger partial charge < -0.3 is 19.2 Å². The lowest BCUT2D eigenvalue weighted by atomic mass is 10.1. The van der Waals surface area contributed by atoms with Gasteiger partial charge >= 0.3 is 0 Å². The van der Waals surface area contributed by atoms with E-state index in [2.05, 4.69) is 5.32 Å². The Bertz CT molecular complexity index is 1130. The van der Waals surface area contributed by atoms with Gasteiger partial charge in [0.15, 0.2) is 6.10 Å². The second-order valence-corrected chi connectivity index (χ2v) is 6.49. The normalized spacial score (nSPS) is 12.1. The number of carbonyl (C=O) groups is 1. The first-order valence-electron chi connectivity index (χ1n) is 9.21. The SMILES string of the molecule is CCC(Oc1cccc(OC)c1)C(=O)Nc1ccc2c(c1)oc1ccccc12. The number of fused-ring (bicyclic) bond motifs is 3. The summed E-state index contributed by atoms with van der Waals surface area (Å²) < 4.78 is 16.9. The van der Waals surface area contributed by atoms with Crippen LogP contribution in [0.25, 0.3) is 21.9 Å². The van der Waals surface area contributed by atoms with Crippen LogP contribution in [0.4, 0.5) is 5.69 Å². The van der Waals surface area contributed by atoms with E-state index in [1.54, 1.807) is 19.2 Å². The minimum Gasteiger partial charge on any atom is -0.497 e. The van der Waals surface area contributed by atoms with Crippen molar-refractivity contribution in [1.82, 2.24) is 0 Å². The van der Waals surface area contributed by atoms with Crippen LogP contribution in [0.1, 0.15) is 13.3 Å². The third-order valence-electron chi connectivity index (χ3n) is 4.63. The smallest absolute Gasteiger partial charge is 0.265 e. The molecule has 1 heterocycles. The molecule has 142 valence electrons. The quantitative estimate of drug-likeness (QED) is 0.491. The molecule has 0 aliphatic heterocycles. The first-order valence-corrected chi connectivity index (χ1v) is 9.21. The molecule has 0 bridgehead atoms. The molecule has 1 N–H and O–H groups in total. The molecule has 28 heavy (non-hydrogen) atoms. The van der Waals surface area contributed by atoms with Gasteiger partial charge in [-0.2, -0.15) is 0 Å². The Morgan fingerprint density at radius 2 is 1.75 bits per heavy atom. The highest BCUT2D eigenvalue weighted by Gasteiger charge is 2.19. The highest BCUT2D eigenvalue weighted by atomic mass is 16.5. The number of hydrogen-bond acceptors (Lipinski definition) is 4. The van der Waals surface area contributed by atoms with Crippen molar-refractivity contribution in [3.63, 3.8) is 0 Å². The predicted molar refractivity (Wildman–Crippen MR) is 110 cm³/mol. The second-order valence-electron chi connectivity index (χ2n) is 6.49. The molecule has 4 rings (SSSR count). The molecule has 1 aromatic heterocycles. The molecule has 0 aliphatic carbocycles. The number of para-hydroxylation sites is 1. The summed E-state index contributed by atoms with van der Waals surface area (Å²) >= 11 is 0. The lowest BCUT2D eigenvalue weighted by Crippen LogP contribution is -2.32. The first-order chi connectivity index (χ1) is 13.7. The number of amides is 1. The second kappa shape index (κ2) is 7.64. The van der Waals surface area contributed by atoms with Crippen LogP contribution in [0.15, 0.2) is 71.1 Å². The molecular weight excluding hydrogens is 354 g/mol. The molecular formula is C23H21NO4. The fraction of sp³-hybridized carbons (Fsp3) is 0.174. The summed E-state index contributed by atoms with van der Waals surface area (Å²) in [6, 6.07) is 20.8. The maximum Gasteiger partial charge on any atom is 0.265 e. The van der Waals surface area contributed by atoms with Gasteiger partial charge in [0.05, 0.1) is 7.11 Å². The molecule has 0 saturated carbocycles. The van der Waals surface area contributed by atoms with Gasteiger partial charge in [-0.1, -0.05) is 31.2 Å². The number of furan rings is 1. The fourth-order valence-corrected chi connectivity index (χ4v) is 3.19. The molecule has 1 unspecified atom stereocenters. The van der Waals surface area contributed by atoms with Crippen molar-refractivity contribution in [2.24, 2.45) is 0 Å². The number of ether oxygens (including phenoxy) is 2. The van der Waals surface area contributed by atoms with Crippen molar-refractivity contribution >= 4 is 33.5 Å². The van der Waals surface area contributed by atoms with Gasteiger partial charge in [-0.05, 0) is 36.8 Å². The van der Waals surface area contributed by atoms with Crippen molar-refractivity contribution in [2.75, 3.05) is 12.4 Å². The minimum absolute atomic E-state index is 0.208. The number of hydrogen-bond donors (Lipinski definition) is 1. The summed E-state index contributed by atoms with van der Waals surface area (Å²) in [6.45, 7) is 1.91. The van der Waals surface area contributed by atoms with E-state index < -0.39 is 6.10 Å². The molecule has 3 aromatic carbocycles. The summed E-state index contributed by atoms with van der Waals surface area (Å²) in [5, 5.41) is 5.00. The molecule has 1 amide bonds. The van der Waals surface area contributed by atoms with E-state index in [-0.39, 0.29) is 5.91 Å². The van der Waals surface area contributed by atoms with Gasteiger partial charge in [-0.3, -0.25) is 4.79 Å². The third-order valence-corrected chi connectivity index (χ3v) is 4.63. The van der Waals surface area contributed by atoms with Gasteiger partial charge in [0.2, 0.25) is 0 Å². The Hall–Kier alpha value is -3.47. The number of anilines is 1. The van der Waals surface area contributed by atoms with E-state index in [0.717, 1.165) is 21.9 Å². The van der Waals surface area contributed by atoms with Crippen LogP contribution in [0, 0.1) is 0 Å². The van der Waals surface area contributed by atoms with Crippen molar-refractivity contribution in [2.45, 2.75) is 19.4 Å². The molecule has 5 nitrogen and oxygen atoms in total. The standard InChI is InChI=1S/C23H21NO4/c1-3-20(27-17-8-6-7-16(14-17)26-2)23(25)24-15-11-12-19-18-9-4-5-10-21(18)28-22(19)13-15/h4-14,20H,3H2,1-2H3,(H,24,25). The molecule has 0 spiro atoms. The van der Waals surface area contributed by atoms with E-state index >= 15 is 0 Å². The number of nitrogens with one attached hydrogen (secondary N) is 1. The largest absolute Gasteiger partial charge is 0.497 e. The Labute approximate surface area is 162 Å². The van der Waals surface area contributed by atoms with Crippen molar-refractivity contribution in [3.8, 4) is 11.5 Å². The summed E-state index contributed by atoms with van der Waals surface area (Å²) in [7, 11) is 1.59. The average Bonchev–Trinajstić information content (AvgIpc) is 3.09. The summed E-state index contributed by atoms with van der Waals surface area (Å²) in [5.74, 6) is 1.07. The molecule has 4 aromatic rings. The Kier molecular flexibility index (Phi) is 4.89. The zero-order valence-electron chi connectivity index (χ0n) is 15.8. The van der Waals surface area contributed by atoms with E-state index in [9.17, 15) is 4.79 Å². The van der Waals surface area contributed by atoms with Crippen LogP contribution >= 0.6 is 0 Å². The zero-order valence-corrected chi connectivity index (χ0v) is 15.8. The van der Waals surface area contributed by atoms with E-state index in [1.165, 1.54) is 0 Å². The minimum atomic E-state index is -0.613. The van der Waals surface area contributed by atoms with Gasteiger partial charge in [0, 0.05) is 28.6 Å². The Morgan fingerprint density at radius 3 is 2.57 bits per heavy atom. The monoisotopic (exact) mass is 375 g/mol. The molecule has 5 heteroatoms. The Morgan fingerprint density at radius 1 is 0.964 bits per heavy atom. The maximum atomic E-state index is 12.7. The Balaban J connectivity index is 1.53. The summed E-state index contributed by atoms with van der Waals surface area (Å²) in [5.41, 5.74) is 2.23. The average molecular weight is 375 g/mol. The van der Waals surface area contributed by atoms with E-state index in [0.29, 0.717) is 23.6 Å². The van der Waals surface area contributed by atoms with Gasteiger partial charge in [-0.25, -0.2) is 0 Å². The first kappa shape index (κ1) is 17.9. The van der Waals surface area contributed by atoms with Crippen LogP contribution in [-0.2, 0) is 4.79 Å². The van der Waals surface area contributed by atoms with Crippen LogP contribution in [0.5, 0.6) is 11.5 Å². The third kappa shape index (κ3) is 3.51. The predicted octanol–water partition coefficient (Wildman–Crippen LogP) is 5.39. The van der Waals surface area contributed by atoms with Crippen LogP contribution in [-0.4, -0.2) is 19.1 Å². The number of carbonyl (C=O) groups excluding carboxylic acids is 1.